The lowest BCUT2D eigenvalue weighted by atomic mass is 10.2. The van der Waals surface area contributed by atoms with Crippen molar-refractivity contribution in [2.45, 2.75) is 25.9 Å². The van der Waals surface area contributed by atoms with Crippen molar-refractivity contribution >= 4 is 15.9 Å². The monoisotopic (exact) mass is 249 g/mol. The normalized spacial score (nSPS) is 21.2. The first-order valence-electron chi connectivity index (χ1n) is 4.04. The Hall–Kier alpha value is -0.620. The zero-order valence-corrected chi connectivity index (χ0v) is 9.11. The maximum Gasteiger partial charge on any atom is 0.231 e. The first-order valence-corrected chi connectivity index (χ1v) is 4.83. The fraction of sp³-hybridized carbons (Fsp3) is 0.714. The fourth-order valence-corrected chi connectivity index (χ4v) is 1.43. The minimum absolute atomic E-state index is 0.148. The molecule has 0 aromatic heterocycles. The second-order valence-electron chi connectivity index (χ2n) is 3.08. The molecule has 0 spiro atoms. The smallest absolute Gasteiger partial charge is 0.231 e. The summed E-state index contributed by atoms with van der Waals surface area (Å²) in [5, 5.41) is 12.3. The number of hydrazine groups is 1. The van der Waals surface area contributed by atoms with E-state index in [0.29, 0.717) is 6.54 Å². The molecule has 1 rings (SSSR count). The summed E-state index contributed by atoms with van der Waals surface area (Å²) < 4.78 is 1.01. The zero-order valence-electron chi connectivity index (χ0n) is 7.53. The van der Waals surface area contributed by atoms with E-state index in [1.54, 1.807) is 11.9 Å². The summed E-state index contributed by atoms with van der Waals surface area (Å²) in [6.45, 7) is 4.13. The van der Waals surface area contributed by atoms with Crippen LogP contribution in [0.25, 0.3) is 0 Å². The van der Waals surface area contributed by atoms with E-state index in [1.807, 2.05) is 13.1 Å². The van der Waals surface area contributed by atoms with E-state index in [1.165, 1.54) is 0 Å². The molecule has 1 aliphatic heterocycles. The van der Waals surface area contributed by atoms with Crippen LogP contribution in [0.4, 0.5) is 0 Å². The summed E-state index contributed by atoms with van der Waals surface area (Å²) in [7, 11) is 0. The Labute approximate surface area is 85.0 Å². The van der Waals surface area contributed by atoms with Gasteiger partial charge in [-0.1, -0.05) is 15.9 Å². The van der Waals surface area contributed by atoms with Crippen LogP contribution >= 0.6 is 15.9 Å². The average Bonchev–Trinajstić information content (AvgIpc) is 2.49. The van der Waals surface area contributed by atoms with E-state index >= 15 is 0 Å². The highest BCUT2D eigenvalue weighted by atomic mass is 79.9. The van der Waals surface area contributed by atoms with Gasteiger partial charge in [0, 0.05) is 29.1 Å². The van der Waals surface area contributed by atoms with Gasteiger partial charge in [-0.2, -0.15) is 0 Å². The summed E-state index contributed by atoms with van der Waals surface area (Å²) in [5.41, 5.74) is 3.03. The number of halogens is 1. The molecule has 0 fully saturated rings. The van der Waals surface area contributed by atoms with E-state index in [-0.39, 0.29) is 11.0 Å². The zero-order chi connectivity index (χ0) is 10.0. The second-order valence-corrected chi connectivity index (χ2v) is 4.10. The Kier molecular flexibility index (Phi) is 3.27. The first-order chi connectivity index (χ1) is 6.02. The van der Waals surface area contributed by atoms with E-state index in [2.05, 4.69) is 21.4 Å². The van der Waals surface area contributed by atoms with Gasteiger partial charge < -0.3 is 5.01 Å². The molecule has 0 saturated carbocycles. The molecule has 74 valence electrons. The third-order valence-electron chi connectivity index (χ3n) is 2.18. The van der Waals surface area contributed by atoms with Crippen LogP contribution in [0.5, 0.6) is 0 Å². The molecule has 0 amide bonds. The van der Waals surface area contributed by atoms with Crippen LogP contribution in [0.1, 0.15) is 13.8 Å². The molecule has 6 heteroatoms. The van der Waals surface area contributed by atoms with Gasteiger partial charge in [-0.3, -0.25) is 10.1 Å². The Morgan fingerprint density at radius 2 is 2.38 bits per heavy atom. The third-order valence-corrected chi connectivity index (χ3v) is 2.66. The first kappa shape index (κ1) is 10.5. The van der Waals surface area contributed by atoms with Crippen molar-refractivity contribution in [1.29, 1.82) is 0 Å². The summed E-state index contributed by atoms with van der Waals surface area (Å²) >= 11 is 3.32. The fourth-order valence-electron chi connectivity index (χ4n) is 1.08. The quantitative estimate of drug-likeness (QED) is 0.601. The molecule has 1 aliphatic rings. The van der Waals surface area contributed by atoms with Crippen LogP contribution in [-0.2, 0) is 0 Å². The van der Waals surface area contributed by atoms with Gasteiger partial charge in [0.2, 0.25) is 6.04 Å². The van der Waals surface area contributed by atoms with Gasteiger partial charge in [0.05, 0.1) is 0 Å². The third kappa shape index (κ3) is 2.41. The van der Waals surface area contributed by atoms with Gasteiger partial charge in [-0.05, 0) is 6.92 Å². The summed E-state index contributed by atoms with van der Waals surface area (Å²) in [4.78, 5) is 10.2. The standard InChI is InChI=1S/C7H12BrN3O2/c1-5(6(2)11(12)13)10-4-7(8)3-9-10/h4-6,9H,3H2,1-2H3/t5-,6+/m0/s1. The number of rotatable bonds is 3. The van der Waals surface area contributed by atoms with Crippen molar-refractivity contribution in [2.24, 2.45) is 0 Å². The molecular formula is C7H12BrN3O2. The molecule has 13 heavy (non-hydrogen) atoms. The lowest BCUT2D eigenvalue weighted by molar-refractivity contribution is -0.525. The van der Waals surface area contributed by atoms with Gasteiger partial charge in [0.1, 0.15) is 6.04 Å². The van der Waals surface area contributed by atoms with Gasteiger partial charge >= 0.3 is 0 Å². The average molecular weight is 250 g/mol. The molecule has 1 heterocycles. The van der Waals surface area contributed by atoms with Gasteiger partial charge in [0.25, 0.3) is 0 Å². The number of nitro groups is 1. The van der Waals surface area contributed by atoms with E-state index in [9.17, 15) is 10.1 Å². The highest BCUT2D eigenvalue weighted by Crippen LogP contribution is 2.15. The number of hydrogen-bond acceptors (Lipinski definition) is 4. The number of nitrogens with one attached hydrogen (secondary N) is 1. The van der Waals surface area contributed by atoms with Crippen molar-refractivity contribution in [3.8, 4) is 0 Å². The number of hydrogen-bond donors (Lipinski definition) is 1. The molecule has 2 atom stereocenters. The SMILES string of the molecule is C[C@H]([C@H](C)N1C=C(Br)CN1)[N+](=O)[O-]. The lowest BCUT2D eigenvalue weighted by Gasteiger charge is -2.24. The molecule has 0 aromatic rings. The molecule has 0 aromatic carbocycles. The minimum atomic E-state index is -0.581. The maximum absolute atomic E-state index is 10.5. The van der Waals surface area contributed by atoms with Crippen molar-refractivity contribution in [3.05, 3.63) is 20.8 Å². The molecular weight excluding hydrogens is 238 g/mol. The van der Waals surface area contributed by atoms with E-state index in [4.69, 9.17) is 0 Å². The summed E-state index contributed by atoms with van der Waals surface area (Å²) in [6.07, 6.45) is 1.84. The molecule has 0 aliphatic carbocycles. The highest BCUT2D eigenvalue weighted by Gasteiger charge is 2.28. The summed E-state index contributed by atoms with van der Waals surface area (Å²) in [6, 6.07) is -0.729. The summed E-state index contributed by atoms with van der Waals surface area (Å²) in [5.74, 6) is 0. The minimum Gasteiger partial charge on any atom is -0.305 e. The Morgan fingerprint density at radius 1 is 1.77 bits per heavy atom. The molecule has 5 nitrogen and oxygen atoms in total. The van der Waals surface area contributed by atoms with Crippen LogP contribution < -0.4 is 5.43 Å². The van der Waals surface area contributed by atoms with Gasteiger partial charge in [-0.15, -0.1) is 0 Å². The molecule has 0 bridgehead atoms. The highest BCUT2D eigenvalue weighted by molar-refractivity contribution is 9.11. The van der Waals surface area contributed by atoms with Crippen LogP contribution in [0.3, 0.4) is 0 Å². The second kappa shape index (κ2) is 4.06. The largest absolute Gasteiger partial charge is 0.305 e. The van der Waals surface area contributed by atoms with Crippen LogP contribution in [-0.4, -0.2) is 28.6 Å². The predicted octanol–water partition coefficient (Wildman–Crippen LogP) is 1.10. The molecule has 1 N–H and O–H groups in total. The van der Waals surface area contributed by atoms with Crippen molar-refractivity contribution in [3.63, 3.8) is 0 Å². The molecule has 0 radical (unpaired) electrons. The Morgan fingerprint density at radius 3 is 2.77 bits per heavy atom. The van der Waals surface area contributed by atoms with E-state index < -0.39 is 6.04 Å². The topological polar surface area (TPSA) is 58.4 Å². The van der Waals surface area contributed by atoms with Crippen molar-refractivity contribution in [2.75, 3.05) is 6.54 Å². The van der Waals surface area contributed by atoms with Crippen LogP contribution in [0.2, 0.25) is 0 Å². The van der Waals surface area contributed by atoms with Crippen LogP contribution in [0, 0.1) is 10.1 Å². The van der Waals surface area contributed by atoms with Gasteiger partial charge in [-0.25, -0.2) is 5.43 Å². The van der Waals surface area contributed by atoms with Crippen molar-refractivity contribution < 1.29 is 4.92 Å². The van der Waals surface area contributed by atoms with Crippen molar-refractivity contribution in [1.82, 2.24) is 10.4 Å². The lowest BCUT2D eigenvalue weighted by Crippen LogP contribution is -2.45. The molecule has 0 unspecified atom stereocenters. The number of nitrogens with zero attached hydrogens (tertiary/aromatic N) is 2. The Bertz CT molecular complexity index is 244. The van der Waals surface area contributed by atoms with Crippen LogP contribution in [0.15, 0.2) is 10.7 Å². The van der Waals surface area contributed by atoms with E-state index in [0.717, 1.165) is 4.48 Å². The predicted molar refractivity (Wildman–Crippen MR) is 52.8 cm³/mol. The Balaban J connectivity index is 2.58. The molecule has 0 saturated heterocycles. The maximum atomic E-state index is 10.5. The van der Waals surface area contributed by atoms with Gasteiger partial charge in [0.15, 0.2) is 0 Å².